The first kappa shape index (κ1) is 27.6. The number of imide groups is 1. The lowest BCUT2D eigenvalue weighted by Crippen LogP contribution is -2.52. The molecule has 1 spiro atoms. The molecule has 1 aliphatic heterocycles. The zero-order valence-corrected chi connectivity index (χ0v) is 23.4. The molecule has 2 aliphatic carbocycles. The quantitative estimate of drug-likeness (QED) is 0.381. The van der Waals surface area contributed by atoms with E-state index in [0.29, 0.717) is 25.2 Å². The lowest BCUT2D eigenvalue weighted by molar-refractivity contribution is -0.141. The summed E-state index contributed by atoms with van der Waals surface area (Å²) in [6, 6.07) is 11.4. The summed E-state index contributed by atoms with van der Waals surface area (Å²) >= 11 is 0. The van der Waals surface area contributed by atoms with Crippen LogP contribution in [0.1, 0.15) is 42.9 Å². The second-order valence-corrected chi connectivity index (χ2v) is 11.7. The van der Waals surface area contributed by atoms with Crippen LogP contribution in [0.4, 0.5) is 9.18 Å². The van der Waals surface area contributed by atoms with E-state index in [1.807, 2.05) is 25.1 Å². The molecule has 2 aromatic carbocycles. The second kappa shape index (κ2) is 10.7. The number of hydrogen-bond donors (Lipinski definition) is 2. The van der Waals surface area contributed by atoms with Crippen molar-refractivity contribution in [1.82, 2.24) is 24.9 Å². The van der Waals surface area contributed by atoms with Gasteiger partial charge in [-0.25, -0.2) is 9.18 Å². The first-order chi connectivity index (χ1) is 20.1. The van der Waals surface area contributed by atoms with Gasteiger partial charge in [0.15, 0.2) is 0 Å². The van der Waals surface area contributed by atoms with E-state index in [9.17, 15) is 23.6 Å². The molecule has 0 radical (unpaired) electrons. The van der Waals surface area contributed by atoms with E-state index in [-0.39, 0.29) is 37.4 Å². The van der Waals surface area contributed by atoms with Gasteiger partial charge in [-0.3, -0.25) is 24.0 Å². The third-order valence-electron chi connectivity index (χ3n) is 8.73. The largest absolute Gasteiger partial charge is 0.368 e. The van der Waals surface area contributed by atoms with Gasteiger partial charge in [0, 0.05) is 30.8 Å². The number of amides is 5. The molecule has 1 saturated carbocycles. The summed E-state index contributed by atoms with van der Waals surface area (Å²) in [5, 5.41) is 7.11. The fourth-order valence-electron chi connectivity index (χ4n) is 6.15. The van der Waals surface area contributed by atoms with E-state index < -0.39 is 23.4 Å². The number of nitrogens with zero attached hydrogens (tertiary/aromatic N) is 4. The maximum atomic E-state index is 13.8. The van der Waals surface area contributed by atoms with Gasteiger partial charge in [-0.15, -0.1) is 0 Å². The van der Waals surface area contributed by atoms with E-state index in [2.05, 4.69) is 10.4 Å². The Labute approximate surface area is 242 Å². The number of fused-ring (bicyclic) bond motifs is 1. The lowest BCUT2D eigenvalue weighted by atomic mass is 9.77. The first-order valence-corrected chi connectivity index (χ1v) is 14.2. The fraction of sp³-hybridized carbons (Fsp3) is 0.387. The Morgan fingerprint density at radius 2 is 1.88 bits per heavy atom. The third kappa shape index (κ3) is 5.38. The smallest absolute Gasteiger partial charge is 0.325 e. The van der Waals surface area contributed by atoms with E-state index >= 15 is 0 Å². The summed E-state index contributed by atoms with van der Waals surface area (Å²) < 4.78 is 14.9. The van der Waals surface area contributed by atoms with Crippen molar-refractivity contribution in [2.45, 2.75) is 63.7 Å². The van der Waals surface area contributed by atoms with Gasteiger partial charge in [-0.05, 0) is 72.9 Å². The molecule has 0 bridgehead atoms. The van der Waals surface area contributed by atoms with Gasteiger partial charge in [0.2, 0.25) is 11.8 Å². The van der Waals surface area contributed by atoms with Crippen molar-refractivity contribution in [2.24, 2.45) is 11.7 Å². The highest BCUT2D eigenvalue weighted by molar-refractivity contribution is 6.09. The zero-order valence-electron chi connectivity index (χ0n) is 23.4. The second-order valence-electron chi connectivity index (χ2n) is 11.7. The Morgan fingerprint density at radius 1 is 1.12 bits per heavy atom. The molecule has 1 aromatic heterocycles. The van der Waals surface area contributed by atoms with Crippen molar-refractivity contribution in [3.8, 4) is 11.1 Å². The highest BCUT2D eigenvalue weighted by Crippen LogP contribution is 2.37. The summed E-state index contributed by atoms with van der Waals surface area (Å²) in [6.45, 7) is 1.89. The molecule has 2 heterocycles. The number of carbonyl (C=O) groups is 4. The molecule has 5 amide bonds. The summed E-state index contributed by atoms with van der Waals surface area (Å²) in [7, 11) is 0. The predicted molar refractivity (Wildman–Crippen MR) is 151 cm³/mol. The van der Waals surface area contributed by atoms with Gasteiger partial charge in [0.25, 0.3) is 5.91 Å². The number of halogens is 1. The van der Waals surface area contributed by atoms with Crippen LogP contribution >= 0.6 is 0 Å². The Kier molecular flexibility index (Phi) is 7.04. The van der Waals surface area contributed by atoms with Gasteiger partial charge in [0.1, 0.15) is 24.4 Å². The van der Waals surface area contributed by atoms with Crippen LogP contribution in [0.5, 0.6) is 0 Å². The lowest BCUT2D eigenvalue weighted by Gasteiger charge is -2.33. The van der Waals surface area contributed by atoms with Crippen LogP contribution in [0.25, 0.3) is 11.1 Å². The molecule has 3 N–H and O–H groups in total. The van der Waals surface area contributed by atoms with E-state index in [4.69, 9.17) is 5.73 Å². The minimum Gasteiger partial charge on any atom is -0.368 e. The van der Waals surface area contributed by atoms with E-state index in [1.165, 1.54) is 16.8 Å². The van der Waals surface area contributed by atoms with Gasteiger partial charge in [-0.2, -0.15) is 5.10 Å². The molecule has 3 aromatic rings. The number of aryl methyl sites for hydroxylation is 1. The molecular formula is C31H33FN6O4. The van der Waals surface area contributed by atoms with Crippen LogP contribution < -0.4 is 11.1 Å². The highest BCUT2D eigenvalue weighted by atomic mass is 19.1. The van der Waals surface area contributed by atoms with Crippen molar-refractivity contribution >= 4 is 23.8 Å². The van der Waals surface area contributed by atoms with Gasteiger partial charge < -0.3 is 16.0 Å². The van der Waals surface area contributed by atoms with Crippen molar-refractivity contribution in [1.29, 1.82) is 0 Å². The number of aromatic nitrogens is 2. The maximum Gasteiger partial charge on any atom is 0.325 e. The van der Waals surface area contributed by atoms with Crippen LogP contribution in [-0.2, 0) is 40.3 Å². The standard InChI is InChI=1S/C31H33FN6O4/c1-19(21-4-5-21)37(15-20-2-8-26(32)9-3-20)28(40)18-38-29(41)31(35-30(38)42)11-10-22-6-7-23(12-24(22)13-31)25-14-34-36(16-25)17-27(33)39/h2-3,6-9,12,14,16,19,21H,4-5,10-11,13,15,17-18H2,1H3,(H2,33,39)(H,35,42)/t19-,31?/m0/s1. The van der Waals surface area contributed by atoms with Crippen molar-refractivity contribution in [3.05, 3.63) is 77.4 Å². The molecule has 218 valence electrons. The molecule has 1 saturated heterocycles. The zero-order chi connectivity index (χ0) is 29.6. The van der Waals surface area contributed by atoms with Crippen LogP contribution in [0.3, 0.4) is 0 Å². The molecule has 2 atom stereocenters. The Hall–Kier alpha value is -4.54. The number of rotatable bonds is 9. The number of carbonyl (C=O) groups excluding carboxylic acids is 4. The van der Waals surface area contributed by atoms with Crippen LogP contribution in [0.2, 0.25) is 0 Å². The number of nitrogens with one attached hydrogen (secondary N) is 1. The van der Waals surface area contributed by atoms with Crippen LogP contribution in [-0.4, -0.2) is 61.5 Å². The number of primary amides is 1. The van der Waals surface area contributed by atoms with Crippen molar-refractivity contribution in [3.63, 3.8) is 0 Å². The molecule has 11 heteroatoms. The topological polar surface area (TPSA) is 131 Å². The summed E-state index contributed by atoms with van der Waals surface area (Å²) in [5.41, 5.74) is 8.64. The average Bonchev–Trinajstić information content (AvgIpc) is 3.68. The first-order valence-electron chi connectivity index (χ1n) is 14.2. The number of urea groups is 1. The molecule has 2 fully saturated rings. The van der Waals surface area contributed by atoms with Gasteiger partial charge >= 0.3 is 6.03 Å². The van der Waals surface area contributed by atoms with Gasteiger partial charge in [0.05, 0.1) is 6.20 Å². The molecule has 42 heavy (non-hydrogen) atoms. The Bertz CT molecular complexity index is 1570. The average molecular weight is 573 g/mol. The van der Waals surface area contributed by atoms with Crippen molar-refractivity contribution in [2.75, 3.05) is 6.54 Å². The fourth-order valence-corrected chi connectivity index (χ4v) is 6.15. The Balaban J connectivity index is 1.19. The van der Waals surface area contributed by atoms with E-state index in [0.717, 1.165) is 45.6 Å². The summed E-state index contributed by atoms with van der Waals surface area (Å²) in [4.78, 5) is 54.6. The van der Waals surface area contributed by atoms with Crippen LogP contribution in [0.15, 0.2) is 54.9 Å². The molecule has 1 unspecified atom stereocenters. The molecule has 6 rings (SSSR count). The molecule has 10 nitrogen and oxygen atoms in total. The Morgan fingerprint density at radius 3 is 2.60 bits per heavy atom. The molecule has 3 aliphatic rings. The normalized spacial score (nSPS) is 20.4. The maximum absolute atomic E-state index is 13.8. The molecular weight excluding hydrogens is 539 g/mol. The van der Waals surface area contributed by atoms with Crippen LogP contribution in [0, 0.1) is 11.7 Å². The summed E-state index contributed by atoms with van der Waals surface area (Å²) in [5.74, 6) is -1.18. The van der Waals surface area contributed by atoms with Gasteiger partial charge in [-0.1, -0.05) is 30.3 Å². The number of benzene rings is 2. The minimum absolute atomic E-state index is 0.0239. The monoisotopic (exact) mass is 572 g/mol. The third-order valence-corrected chi connectivity index (χ3v) is 8.73. The van der Waals surface area contributed by atoms with E-state index in [1.54, 1.807) is 29.4 Å². The SMILES string of the molecule is C[C@@H](C1CC1)N(Cc1ccc(F)cc1)C(=O)CN1C(=O)NC2(CCc3ccc(-c4cnn(CC(N)=O)c4)cc3C2)C1=O. The van der Waals surface area contributed by atoms with Crippen molar-refractivity contribution < 1.29 is 23.6 Å². The summed E-state index contributed by atoms with van der Waals surface area (Å²) in [6.07, 6.45) is 6.77. The predicted octanol–water partition coefficient (Wildman–Crippen LogP) is 2.78. The number of hydrogen-bond acceptors (Lipinski definition) is 5. The number of nitrogens with two attached hydrogens (primary N) is 1. The highest BCUT2D eigenvalue weighted by Gasteiger charge is 2.53. The minimum atomic E-state index is -1.12.